The molecule has 0 spiro atoms. The lowest BCUT2D eigenvalue weighted by atomic mass is 10.0. The van der Waals surface area contributed by atoms with Gasteiger partial charge in [0.05, 0.1) is 33.5 Å². The highest BCUT2D eigenvalue weighted by Gasteiger charge is 2.33. The summed E-state index contributed by atoms with van der Waals surface area (Å²) in [4.78, 5) is 54.6. The molecule has 14 heteroatoms. The second-order valence-electron chi connectivity index (χ2n) is 11.3. The Balaban J connectivity index is 1.60. The summed E-state index contributed by atoms with van der Waals surface area (Å²) in [5.74, 6) is -0.941. The molecule has 0 aromatic heterocycles. The molecular weight excluding hydrogens is 682 g/mol. The number of carbonyl (C=O) groups excluding carboxylic acids is 4. The normalized spacial score (nSPS) is 17.2. The number of carbonyl (C=O) groups is 4. The smallest absolute Gasteiger partial charge is 0.408 e. The van der Waals surface area contributed by atoms with Crippen molar-refractivity contribution in [2.45, 2.75) is 31.2 Å². The first-order valence-electron chi connectivity index (χ1n) is 15.6. The zero-order chi connectivity index (χ0) is 36.5. The Morgan fingerprint density at radius 2 is 1.53 bits per heavy atom. The van der Waals surface area contributed by atoms with Crippen molar-refractivity contribution in [2.75, 3.05) is 28.4 Å². The fourth-order valence-corrected chi connectivity index (χ4v) is 5.58. The number of benzene rings is 4. The van der Waals surface area contributed by atoms with E-state index in [1.807, 2.05) is 6.07 Å². The summed E-state index contributed by atoms with van der Waals surface area (Å²) >= 11 is 6.65. The third-order valence-electron chi connectivity index (χ3n) is 7.98. The van der Waals surface area contributed by atoms with E-state index in [-0.39, 0.29) is 40.7 Å². The first-order chi connectivity index (χ1) is 24.6. The van der Waals surface area contributed by atoms with E-state index in [2.05, 4.69) is 16.0 Å². The zero-order valence-electron chi connectivity index (χ0n) is 28.2. The van der Waals surface area contributed by atoms with Gasteiger partial charge >= 0.3 is 12.1 Å². The summed E-state index contributed by atoms with van der Waals surface area (Å²) in [5, 5.41) is 8.24. The molecule has 4 aromatic rings. The molecule has 2 aliphatic heterocycles. The molecule has 0 fully saturated rings. The van der Waals surface area contributed by atoms with Crippen LogP contribution in [0.3, 0.4) is 0 Å². The van der Waals surface area contributed by atoms with Crippen LogP contribution in [-0.4, -0.2) is 58.4 Å². The fourth-order valence-electron chi connectivity index (χ4n) is 5.34. The van der Waals surface area contributed by atoms with Gasteiger partial charge in [-0.2, -0.15) is 0 Å². The van der Waals surface area contributed by atoms with Crippen LogP contribution in [0, 0.1) is 0 Å². The van der Waals surface area contributed by atoms with Crippen LogP contribution in [0.25, 0.3) is 0 Å². The van der Waals surface area contributed by atoms with Crippen LogP contribution in [0.15, 0.2) is 84.9 Å². The fraction of sp³-hybridized carbons (Fsp3) is 0.243. The number of rotatable bonds is 8. The van der Waals surface area contributed by atoms with Gasteiger partial charge in [-0.3, -0.25) is 9.59 Å². The predicted octanol–water partition coefficient (Wildman–Crippen LogP) is 5.20. The Hall–Kier alpha value is -5.95. The van der Waals surface area contributed by atoms with Gasteiger partial charge in [0.2, 0.25) is 11.8 Å². The number of esters is 1. The molecule has 13 nitrogen and oxygen atoms in total. The largest absolute Gasteiger partial charge is 0.497 e. The Morgan fingerprint density at radius 1 is 0.804 bits per heavy atom. The van der Waals surface area contributed by atoms with Crippen LogP contribution in [0.5, 0.6) is 28.7 Å². The number of nitrogens with one attached hydrogen (secondary N) is 3. The molecule has 3 N–H and O–H groups in total. The van der Waals surface area contributed by atoms with E-state index in [0.29, 0.717) is 22.8 Å². The van der Waals surface area contributed by atoms with Gasteiger partial charge in [0.1, 0.15) is 35.9 Å². The standard InChI is InChI=1S/C37H36ClN3O10/c1-46-25-16-24(17-26(19-25)47-2)32-35(43)41-33(36(44)49-4)23-11-13-30(48-3)31(18-23)51-29-12-10-22(14-27(29)38)15-28(34(42)40-32)39-37(45)50-20-21-8-6-5-7-9-21/h5-14,16-19,28,32-33H,15,20H2,1-4H3,(H,39,45)(H,40,42)(H,41,43)/t28-,32+,33+/m1/s1. The summed E-state index contributed by atoms with van der Waals surface area (Å²) in [7, 11) is 5.50. The molecule has 4 aromatic carbocycles. The van der Waals surface area contributed by atoms with Crippen molar-refractivity contribution in [3.63, 3.8) is 0 Å². The van der Waals surface area contributed by atoms with E-state index in [4.69, 9.17) is 40.0 Å². The molecule has 0 saturated carbocycles. The highest BCUT2D eigenvalue weighted by atomic mass is 35.5. The Kier molecular flexibility index (Phi) is 11.9. The van der Waals surface area contributed by atoms with Crippen molar-refractivity contribution in [1.29, 1.82) is 0 Å². The van der Waals surface area contributed by atoms with E-state index < -0.39 is 42.0 Å². The van der Waals surface area contributed by atoms with Crippen molar-refractivity contribution in [2.24, 2.45) is 0 Å². The highest BCUT2D eigenvalue weighted by Crippen LogP contribution is 2.38. The van der Waals surface area contributed by atoms with Gasteiger partial charge in [0.15, 0.2) is 17.5 Å². The molecular formula is C37H36ClN3O10. The molecule has 2 heterocycles. The van der Waals surface area contributed by atoms with E-state index in [1.165, 1.54) is 46.6 Å². The number of alkyl carbamates (subject to hydrolysis) is 1. The number of fused-ring (bicyclic) bond motifs is 9. The summed E-state index contributed by atoms with van der Waals surface area (Å²) in [6.07, 6.45) is -0.939. The van der Waals surface area contributed by atoms with Gasteiger partial charge in [0.25, 0.3) is 0 Å². The molecule has 3 atom stereocenters. The van der Waals surface area contributed by atoms with Gasteiger partial charge in [0, 0.05) is 12.5 Å². The maximum absolute atomic E-state index is 14.2. The first kappa shape index (κ1) is 36.3. The maximum Gasteiger partial charge on any atom is 0.408 e. The highest BCUT2D eigenvalue weighted by molar-refractivity contribution is 6.32. The van der Waals surface area contributed by atoms with Crippen LogP contribution in [0.1, 0.15) is 34.3 Å². The Bertz CT molecular complexity index is 1880. The van der Waals surface area contributed by atoms with E-state index in [1.54, 1.807) is 60.7 Å². The van der Waals surface area contributed by atoms with Crippen LogP contribution in [-0.2, 0) is 36.9 Å². The summed E-state index contributed by atoms with van der Waals surface area (Å²) in [5.41, 5.74) is 1.82. The monoisotopic (exact) mass is 717 g/mol. The van der Waals surface area contributed by atoms with E-state index in [0.717, 1.165) is 5.56 Å². The lowest BCUT2D eigenvalue weighted by Crippen LogP contribution is -2.52. The molecule has 51 heavy (non-hydrogen) atoms. The average Bonchev–Trinajstić information content (AvgIpc) is 3.15. The predicted molar refractivity (Wildman–Crippen MR) is 185 cm³/mol. The van der Waals surface area contributed by atoms with Crippen molar-refractivity contribution in [3.8, 4) is 28.7 Å². The molecule has 3 amide bonds. The molecule has 0 unspecified atom stereocenters. The molecule has 0 saturated heterocycles. The van der Waals surface area contributed by atoms with E-state index in [9.17, 15) is 19.2 Å². The lowest BCUT2D eigenvalue weighted by Gasteiger charge is -2.26. The first-order valence-corrected chi connectivity index (χ1v) is 16.0. The Labute approximate surface area is 299 Å². The topological polar surface area (TPSA) is 160 Å². The van der Waals surface area contributed by atoms with Gasteiger partial charge in [-0.15, -0.1) is 0 Å². The number of ether oxygens (including phenoxy) is 6. The van der Waals surface area contributed by atoms with Crippen molar-refractivity contribution in [1.82, 2.24) is 16.0 Å². The number of methoxy groups -OCH3 is 4. The molecule has 6 rings (SSSR count). The summed E-state index contributed by atoms with van der Waals surface area (Å²) in [6.45, 7) is -0.0496. The third-order valence-corrected chi connectivity index (χ3v) is 8.27. The SMILES string of the molecule is COC(=O)[C@H]1NC(=O)[C@H](c2cc(OC)cc(OC)c2)NC(=O)[C@H](NC(=O)OCc2ccccc2)Cc2ccc(c(Cl)c2)Oc2cc1ccc2OC. The minimum absolute atomic E-state index is 0.0496. The number of amides is 3. The average molecular weight is 718 g/mol. The van der Waals surface area contributed by atoms with E-state index >= 15 is 0 Å². The Morgan fingerprint density at radius 3 is 2.18 bits per heavy atom. The van der Waals surface area contributed by atoms with Crippen LogP contribution in [0.2, 0.25) is 5.02 Å². The number of halogens is 1. The van der Waals surface area contributed by atoms with Gasteiger partial charge in [-0.1, -0.05) is 54.1 Å². The van der Waals surface area contributed by atoms with Crippen LogP contribution in [0.4, 0.5) is 4.79 Å². The minimum atomic E-state index is -1.44. The minimum Gasteiger partial charge on any atom is -0.497 e. The molecule has 266 valence electrons. The number of hydrogen-bond acceptors (Lipinski definition) is 10. The molecule has 0 radical (unpaired) electrons. The summed E-state index contributed by atoms with van der Waals surface area (Å²) < 4.78 is 32.9. The van der Waals surface area contributed by atoms with Crippen molar-refractivity contribution in [3.05, 3.63) is 112 Å². The third kappa shape index (κ3) is 9.00. The van der Waals surface area contributed by atoms with Gasteiger partial charge in [-0.25, -0.2) is 9.59 Å². The number of hydrogen-bond donors (Lipinski definition) is 3. The van der Waals surface area contributed by atoms with Crippen molar-refractivity contribution < 1.29 is 47.6 Å². The van der Waals surface area contributed by atoms with Crippen molar-refractivity contribution >= 4 is 35.5 Å². The molecule has 4 bridgehead atoms. The lowest BCUT2D eigenvalue weighted by molar-refractivity contribution is -0.145. The van der Waals surface area contributed by atoms with Gasteiger partial charge in [-0.05, 0) is 58.7 Å². The van der Waals surface area contributed by atoms with Crippen LogP contribution >= 0.6 is 11.6 Å². The maximum atomic E-state index is 14.2. The second kappa shape index (κ2) is 16.6. The van der Waals surface area contributed by atoms with Crippen LogP contribution < -0.4 is 34.9 Å². The second-order valence-corrected chi connectivity index (χ2v) is 11.7. The summed E-state index contributed by atoms with van der Waals surface area (Å²) in [6, 6.07) is 19.1. The van der Waals surface area contributed by atoms with Gasteiger partial charge < -0.3 is 44.4 Å². The molecule has 2 aliphatic rings. The molecule has 0 aliphatic carbocycles. The quantitative estimate of drug-likeness (QED) is 0.207. The zero-order valence-corrected chi connectivity index (χ0v) is 28.9.